The van der Waals surface area contributed by atoms with Gasteiger partial charge in [0.15, 0.2) is 0 Å². The first-order chi connectivity index (χ1) is 14.8. The molecule has 0 aliphatic heterocycles. The second-order valence-corrected chi connectivity index (χ2v) is 11.0. The average Bonchev–Trinajstić information content (AvgIpc) is 2.77. The molecule has 11 heteroatoms. The molecule has 0 saturated carbocycles. The summed E-state index contributed by atoms with van der Waals surface area (Å²) in [5.74, 6) is 0.962. The lowest BCUT2D eigenvalue weighted by atomic mass is 10.0. The van der Waals surface area contributed by atoms with Crippen molar-refractivity contribution in [3.63, 3.8) is 0 Å². The van der Waals surface area contributed by atoms with Crippen LogP contribution in [0.3, 0.4) is 0 Å². The number of phosphoric ester groups is 2. The van der Waals surface area contributed by atoms with E-state index in [1.54, 1.807) is 0 Å². The second kappa shape index (κ2) is 38.2. The van der Waals surface area contributed by atoms with Crippen molar-refractivity contribution >= 4 is 15.6 Å². The summed E-state index contributed by atoms with van der Waals surface area (Å²) in [6, 6.07) is 0. The monoisotopic (exact) mass is 618 g/mol. The minimum Gasteiger partial charge on any atom is -0.379 e. The van der Waals surface area contributed by atoms with Crippen LogP contribution in [0.5, 0.6) is 0 Å². The van der Waals surface area contributed by atoms with Crippen molar-refractivity contribution in [2.75, 3.05) is 53.9 Å². The van der Waals surface area contributed by atoms with Crippen LogP contribution in [-0.4, -0.2) is 53.9 Å². The van der Waals surface area contributed by atoms with Gasteiger partial charge in [-0.05, 0) is 24.7 Å². The van der Waals surface area contributed by atoms with E-state index >= 15 is 0 Å². The molecule has 0 rings (SSSR count). The first kappa shape index (κ1) is 62.7. The van der Waals surface area contributed by atoms with Gasteiger partial charge in [0.25, 0.3) is 0 Å². The van der Waals surface area contributed by atoms with Gasteiger partial charge in [0.1, 0.15) is 0 Å². The van der Waals surface area contributed by atoms with E-state index in [1.165, 1.54) is 0 Å². The molecule has 0 aromatic rings. The molecule has 0 heterocycles. The lowest BCUT2D eigenvalue weighted by Gasteiger charge is -2.21. The summed E-state index contributed by atoms with van der Waals surface area (Å²) in [6.07, 6.45) is 6.44. The highest BCUT2D eigenvalue weighted by atomic mass is 31.3. The molecule has 0 aliphatic carbocycles. The Kier molecular flexibility index (Phi) is 61.4. The van der Waals surface area contributed by atoms with E-state index in [0.717, 1.165) is 52.7 Å². The molecule has 39 heavy (non-hydrogen) atoms. The normalized spacial score (nSPS) is 14.1. The minimum atomic E-state index is -4.14. The summed E-state index contributed by atoms with van der Waals surface area (Å²) < 4.78 is 61.4. The van der Waals surface area contributed by atoms with Gasteiger partial charge in [-0.2, -0.15) is 4.31 Å². The van der Waals surface area contributed by atoms with Crippen molar-refractivity contribution in [3.8, 4) is 0 Å². The van der Waals surface area contributed by atoms with Gasteiger partial charge < -0.3 is 9.47 Å². The lowest BCUT2D eigenvalue weighted by Crippen LogP contribution is -2.13. The van der Waals surface area contributed by atoms with Gasteiger partial charge in [0.2, 0.25) is 0 Å². The highest BCUT2D eigenvalue weighted by molar-refractivity contribution is 7.62. The van der Waals surface area contributed by atoms with Gasteiger partial charge in [0, 0.05) is 27.4 Å². The Morgan fingerprint density at radius 1 is 0.538 bits per heavy atom. The van der Waals surface area contributed by atoms with E-state index in [9.17, 15) is 9.13 Å². The minimum absolute atomic E-state index is 0. The van der Waals surface area contributed by atoms with E-state index in [4.69, 9.17) is 31.9 Å². The standard InChI is InChI=1S/C20H44O9P2.8CH4/c1-7-11-19(9-3)17-25-13-15-27-30(21,23-5)29-31(22,24-6)28-16-14-26-18-20(10-4)12-8-2;;;;;;;;/h19-20H,7-18H2,1-6H3;8*1H4. The number of hydrogen-bond acceptors (Lipinski definition) is 9. The fourth-order valence-electron chi connectivity index (χ4n) is 2.88. The fraction of sp³-hybridized carbons (Fsp3) is 1.00. The van der Waals surface area contributed by atoms with Crippen molar-refractivity contribution in [1.82, 2.24) is 0 Å². The molecule has 0 bridgehead atoms. The van der Waals surface area contributed by atoms with Gasteiger partial charge in [-0.25, -0.2) is 9.13 Å². The zero-order valence-corrected chi connectivity index (χ0v) is 22.0. The summed E-state index contributed by atoms with van der Waals surface area (Å²) in [5, 5.41) is 0. The molecule has 0 amide bonds. The zero-order chi connectivity index (χ0) is 23.6. The molecule has 252 valence electrons. The van der Waals surface area contributed by atoms with Crippen molar-refractivity contribution in [2.45, 2.75) is 126 Å². The Labute approximate surface area is 248 Å². The quantitative estimate of drug-likeness (QED) is 0.0866. The molecule has 0 radical (unpaired) electrons. The maximum Gasteiger partial charge on any atom is 0.483 e. The number of phosphoric acid groups is 2. The molecule has 0 aromatic carbocycles. The first-order valence-electron chi connectivity index (χ1n) is 11.3. The molecular formula is C28H76O9P2. The van der Waals surface area contributed by atoms with Crippen LogP contribution in [0.2, 0.25) is 0 Å². The molecular weight excluding hydrogens is 542 g/mol. The van der Waals surface area contributed by atoms with Crippen molar-refractivity contribution in [3.05, 3.63) is 0 Å². The van der Waals surface area contributed by atoms with Crippen molar-refractivity contribution < 1.29 is 41.0 Å². The fourth-order valence-corrected chi connectivity index (χ4v) is 5.58. The molecule has 0 aliphatic rings. The Morgan fingerprint density at radius 2 is 0.846 bits per heavy atom. The van der Waals surface area contributed by atoms with E-state index in [2.05, 4.69) is 27.7 Å². The third kappa shape index (κ3) is 31.0. The summed E-state index contributed by atoms with van der Waals surface area (Å²) >= 11 is 0. The zero-order valence-electron chi connectivity index (χ0n) is 20.2. The van der Waals surface area contributed by atoms with Crippen molar-refractivity contribution in [1.29, 1.82) is 0 Å². The van der Waals surface area contributed by atoms with Gasteiger partial charge >= 0.3 is 15.6 Å². The first-order valence-corrected chi connectivity index (χ1v) is 14.2. The Hall–Kier alpha value is 0.180. The smallest absolute Gasteiger partial charge is 0.379 e. The number of rotatable bonds is 22. The second-order valence-electron chi connectivity index (χ2n) is 7.28. The molecule has 0 saturated heterocycles. The van der Waals surface area contributed by atoms with Crippen LogP contribution in [0.25, 0.3) is 0 Å². The molecule has 4 atom stereocenters. The summed E-state index contributed by atoms with van der Waals surface area (Å²) in [7, 11) is -6.01. The van der Waals surface area contributed by atoms with Gasteiger partial charge in [-0.3, -0.25) is 18.1 Å². The molecule has 0 spiro atoms. The van der Waals surface area contributed by atoms with Crippen LogP contribution in [-0.2, 0) is 41.0 Å². The third-order valence-corrected chi connectivity index (χ3v) is 8.35. The maximum atomic E-state index is 12.6. The number of ether oxygens (including phenoxy) is 2. The van der Waals surface area contributed by atoms with Gasteiger partial charge in [-0.1, -0.05) is 113 Å². The van der Waals surface area contributed by atoms with Crippen LogP contribution in [0.15, 0.2) is 0 Å². The Morgan fingerprint density at radius 3 is 1.08 bits per heavy atom. The van der Waals surface area contributed by atoms with E-state index in [0.29, 0.717) is 25.0 Å². The average molecular weight is 619 g/mol. The SMILES string of the molecule is C.C.C.C.C.C.C.C.CCCC(CC)COCCOP(=O)(OC)OP(=O)(OC)OCCOCC(CC)CCC. The molecule has 9 nitrogen and oxygen atoms in total. The highest BCUT2D eigenvalue weighted by Crippen LogP contribution is 2.65. The van der Waals surface area contributed by atoms with Gasteiger partial charge in [0.05, 0.1) is 26.4 Å². The van der Waals surface area contributed by atoms with E-state index in [-0.39, 0.29) is 85.8 Å². The van der Waals surface area contributed by atoms with Crippen molar-refractivity contribution in [2.24, 2.45) is 11.8 Å². The summed E-state index contributed by atoms with van der Waals surface area (Å²) in [5.41, 5.74) is 0. The van der Waals surface area contributed by atoms with Crippen LogP contribution in [0.1, 0.15) is 126 Å². The Bertz CT molecular complexity index is 479. The summed E-state index contributed by atoms with van der Waals surface area (Å²) in [6.45, 7) is 10.0. The molecule has 0 aromatic heterocycles. The molecule has 4 unspecified atom stereocenters. The highest BCUT2D eigenvalue weighted by Gasteiger charge is 2.39. The van der Waals surface area contributed by atoms with E-state index in [1.807, 2.05) is 0 Å². The maximum absolute atomic E-state index is 12.6. The lowest BCUT2D eigenvalue weighted by molar-refractivity contribution is 0.0481. The van der Waals surface area contributed by atoms with Crippen LogP contribution in [0, 0.1) is 11.8 Å². The number of hydrogen-bond donors (Lipinski definition) is 0. The van der Waals surface area contributed by atoms with Gasteiger partial charge in [-0.15, -0.1) is 0 Å². The molecule has 0 N–H and O–H groups in total. The molecule has 0 fully saturated rings. The summed E-state index contributed by atoms with van der Waals surface area (Å²) in [4.78, 5) is 0. The van der Waals surface area contributed by atoms with Crippen LogP contribution >= 0.6 is 15.6 Å². The topological polar surface area (TPSA) is 98.8 Å². The third-order valence-electron chi connectivity index (χ3n) is 4.86. The van der Waals surface area contributed by atoms with Crippen LogP contribution in [0.4, 0.5) is 0 Å². The largest absolute Gasteiger partial charge is 0.483 e. The predicted octanol–water partition coefficient (Wildman–Crippen LogP) is 11.3. The Balaban J connectivity index is -0.000000161. The predicted molar refractivity (Wildman–Crippen MR) is 175 cm³/mol. The van der Waals surface area contributed by atoms with Crippen LogP contribution < -0.4 is 0 Å². The van der Waals surface area contributed by atoms with E-state index < -0.39 is 15.6 Å².